The summed E-state index contributed by atoms with van der Waals surface area (Å²) in [6, 6.07) is 16.3. The molecule has 0 fully saturated rings. The van der Waals surface area contributed by atoms with Gasteiger partial charge in [0, 0.05) is 29.5 Å². The molecule has 0 aliphatic rings. The third-order valence-electron chi connectivity index (χ3n) is 5.63. The molecule has 0 radical (unpaired) electrons. The van der Waals surface area contributed by atoms with E-state index in [1.807, 2.05) is 36.6 Å². The van der Waals surface area contributed by atoms with Crippen LogP contribution in [0, 0.1) is 6.92 Å². The molecule has 0 atom stereocenters. The fourth-order valence-corrected chi connectivity index (χ4v) is 4.79. The standard InChI is InChI=1S/C26H26N2O3S/c1-4-18-10-12-19(13-11-18)21-16-32-25-23(21)26(30)28(14-6-9-22(29)31-3)24(27-25)20-8-5-7-17(2)15-20/h5,7-8,10-13,15-16H,4,6,9,14H2,1-3H3. The summed E-state index contributed by atoms with van der Waals surface area (Å²) >= 11 is 1.49. The number of esters is 1. The first-order valence-corrected chi connectivity index (χ1v) is 11.6. The van der Waals surface area contributed by atoms with Crippen molar-refractivity contribution in [3.63, 3.8) is 0 Å². The maximum atomic E-state index is 13.7. The van der Waals surface area contributed by atoms with Gasteiger partial charge in [-0.1, -0.05) is 55.0 Å². The van der Waals surface area contributed by atoms with Crippen molar-refractivity contribution >= 4 is 27.5 Å². The summed E-state index contributed by atoms with van der Waals surface area (Å²) in [7, 11) is 1.38. The van der Waals surface area contributed by atoms with Gasteiger partial charge in [-0.3, -0.25) is 14.2 Å². The number of hydrogen-bond acceptors (Lipinski definition) is 5. The fraction of sp³-hybridized carbons (Fsp3) is 0.269. The highest BCUT2D eigenvalue weighted by atomic mass is 32.1. The Morgan fingerprint density at radius 3 is 2.59 bits per heavy atom. The van der Waals surface area contributed by atoms with E-state index in [2.05, 4.69) is 31.2 Å². The third kappa shape index (κ3) is 4.36. The number of aromatic nitrogens is 2. The van der Waals surface area contributed by atoms with Crippen LogP contribution >= 0.6 is 11.3 Å². The number of thiophene rings is 1. The summed E-state index contributed by atoms with van der Waals surface area (Å²) in [5.74, 6) is 0.349. The van der Waals surface area contributed by atoms with Gasteiger partial charge in [-0.25, -0.2) is 4.98 Å². The van der Waals surface area contributed by atoms with E-state index in [-0.39, 0.29) is 17.9 Å². The second kappa shape index (κ2) is 9.49. The van der Waals surface area contributed by atoms with Gasteiger partial charge in [0.25, 0.3) is 5.56 Å². The molecule has 0 amide bonds. The molecule has 2 aromatic carbocycles. The van der Waals surface area contributed by atoms with Crippen LogP contribution in [0.5, 0.6) is 0 Å². The van der Waals surface area contributed by atoms with E-state index in [1.165, 1.54) is 24.0 Å². The van der Waals surface area contributed by atoms with Crippen molar-refractivity contribution in [2.45, 2.75) is 39.7 Å². The molecular weight excluding hydrogens is 420 g/mol. The molecule has 4 aromatic rings. The van der Waals surface area contributed by atoms with Crippen LogP contribution < -0.4 is 5.56 Å². The average Bonchev–Trinajstić information content (AvgIpc) is 3.24. The molecule has 0 spiro atoms. The normalized spacial score (nSPS) is 11.1. The first kappa shape index (κ1) is 22.0. The van der Waals surface area contributed by atoms with Gasteiger partial charge in [-0.15, -0.1) is 11.3 Å². The molecule has 0 N–H and O–H groups in total. The topological polar surface area (TPSA) is 61.2 Å². The zero-order valence-corrected chi connectivity index (χ0v) is 19.4. The number of carbonyl (C=O) groups excluding carboxylic acids is 1. The molecule has 0 unspecified atom stereocenters. The molecule has 0 saturated heterocycles. The van der Waals surface area contributed by atoms with Crippen LogP contribution in [0.1, 0.15) is 30.9 Å². The largest absolute Gasteiger partial charge is 0.469 e. The lowest BCUT2D eigenvalue weighted by Gasteiger charge is -2.13. The summed E-state index contributed by atoms with van der Waals surface area (Å²) in [5.41, 5.74) is 5.09. The quantitative estimate of drug-likeness (QED) is 0.346. The van der Waals surface area contributed by atoms with Crippen molar-refractivity contribution in [3.05, 3.63) is 75.4 Å². The van der Waals surface area contributed by atoms with E-state index in [1.54, 1.807) is 4.57 Å². The lowest BCUT2D eigenvalue weighted by molar-refractivity contribution is -0.140. The molecule has 2 aromatic heterocycles. The molecule has 5 nitrogen and oxygen atoms in total. The van der Waals surface area contributed by atoms with Crippen molar-refractivity contribution in [1.82, 2.24) is 9.55 Å². The van der Waals surface area contributed by atoms with Gasteiger partial charge >= 0.3 is 5.97 Å². The minimum atomic E-state index is -0.281. The van der Waals surface area contributed by atoms with Crippen LogP contribution in [-0.4, -0.2) is 22.6 Å². The molecule has 32 heavy (non-hydrogen) atoms. The summed E-state index contributed by atoms with van der Waals surface area (Å²) in [6.45, 7) is 4.54. The summed E-state index contributed by atoms with van der Waals surface area (Å²) < 4.78 is 6.47. The van der Waals surface area contributed by atoms with Gasteiger partial charge in [0.05, 0.1) is 12.5 Å². The number of ether oxygens (including phenoxy) is 1. The number of benzene rings is 2. The number of fused-ring (bicyclic) bond motifs is 1. The van der Waals surface area contributed by atoms with Crippen molar-refractivity contribution in [3.8, 4) is 22.5 Å². The molecule has 2 heterocycles. The van der Waals surface area contributed by atoms with Crippen LogP contribution in [0.4, 0.5) is 0 Å². The monoisotopic (exact) mass is 446 g/mol. The minimum absolute atomic E-state index is 0.0767. The maximum Gasteiger partial charge on any atom is 0.305 e. The maximum absolute atomic E-state index is 13.7. The summed E-state index contributed by atoms with van der Waals surface area (Å²) in [4.78, 5) is 31.0. The summed E-state index contributed by atoms with van der Waals surface area (Å²) in [6.07, 6.45) is 1.73. The van der Waals surface area contributed by atoms with Gasteiger partial charge in [-0.05, 0) is 37.0 Å². The molecule has 4 rings (SSSR count). The summed E-state index contributed by atoms with van der Waals surface area (Å²) in [5, 5.41) is 2.65. The van der Waals surface area contributed by atoms with Crippen molar-refractivity contribution in [2.24, 2.45) is 0 Å². The first-order valence-electron chi connectivity index (χ1n) is 10.8. The van der Waals surface area contributed by atoms with E-state index in [0.29, 0.717) is 24.2 Å². The Kier molecular flexibility index (Phi) is 6.51. The number of hydrogen-bond donors (Lipinski definition) is 0. The van der Waals surface area contributed by atoms with Crippen LogP contribution in [0.3, 0.4) is 0 Å². The van der Waals surface area contributed by atoms with Crippen LogP contribution in [0.15, 0.2) is 58.7 Å². The predicted octanol–water partition coefficient (Wildman–Crippen LogP) is 5.62. The molecule has 0 saturated carbocycles. The van der Waals surface area contributed by atoms with E-state index < -0.39 is 0 Å². The second-order valence-electron chi connectivity index (χ2n) is 7.82. The molecule has 6 heteroatoms. The van der Waals surface area contributed by atoms with Gasteiger partial charge in [0.15, 0.2) is 0 Å². The Morgan fingerprint density at radius 2 is 1.91 bits per heavy atom. The molecule has 0 aliphatic carbocycles. The van der Waals surface area contributed by atoms with Crippen LogP contribution in [0.2, 0.25) is 0 Å². The number of methoxy groups -OCH3 is 1. The fourth-order valence-electron chi connectivity index (χ4n) is 3.85. The SMILES string of the molecule is CCc1ccc(-c2csc3nc(-c4cccc(C)c4)n(CCCC(=O)OC)c(=O)c23)cc1. The van der Waals surface area contributed by atoms with Crippen molar-refractivity contribution in [2.75, 3.05) is 7.11 Å². The zero-order chi connectivity index (χ0) is 22.7. The second-order valence-corrected chi connectivity index (χ2v) is 8.68. The lowest BCUT2D eigenvalue weighted by Crippen LogP contribution is -2.24. The smallest absolute Gasteiger partial charge is 0.305 e. The van der Waals surface area contributed by atoms with Gasteiger partial charge in [0.2, 0.25) is 0 Å². The third-order valence-corrected chi connectivity index (χ3v) is 6.51. The molecule has 0 aliphatic heterocycles. The van der Waals surface area contributed by atoms with Crippen LogP contribution in [-0.2, 0) is 22.5 Å². The Morgan fingerprint density at radius 1 is 1.12 bits per heavy atom. The Labute approximate surface area is 191 Å². The van der Waals surface area contributed by atoms with E-state index in [9.17, 15) is 9.59 Å². The highest BCUT2D eigenvalue weighted by Crippen LogP contribution is 2.32. The highest BCUT2D eigenvalue weighted by molar-refractivity contribution is 7.17. The Hall–Kier alpha value is -3.25. The highest BCUT2D eigenvalue weighted by Gasteiger charge is 2.18. The number of nitrogens with zero attached hydrogens (tertiary/aromatic N) is 2. The van der Waals surface area contributed by atoms with Crippen molar-refractivity contribution in [1.29, 1.82) is 0 Å². The number of carbonyl (C=O) groups is 1. The Balaban J connectivity index is 1.86. The number of aryl methyl sites for hydroxylation is 2. The molecular formula is C26H26N2O3S. The molecule has 0 bridgehead atoms. The first-order chi connectivity index (χ1) is 15.5. The average molecular weight is 447 g/mol. The van der Waals surface area contributed by atoms with Gasteiger partial charge in [-0.2, -0.15) is 0 Å². The van der Waals surface area contributed by atoms with E-state index >= 15 is 0 Å². The van der Waals surface area contributed by atoms with Crippen LogP contribution in [0.25, 0.3) is 32.7 Å². The van der Waals surface area contributed by atoms with E-state index in [0.717, 1.165) is 33.5 Å². The number of rotatable bonds is 7. The van der Waals surface area contributed by atoms with Gasteiger partial charge in [0.1, 0.15) is 10.7 Å². The predicted molar refractivity (Wildman–Crippen MR) is 130 cm³/mol. The van der Waals surface area contributed by atoms with E-state index in [4.69, 9.17) is 9.72 Å². The van der Waals surface area contributed by atoms with Crippen molar-refractivity contribution < 1.29 is 9.53 Å². The zero-order valence-electron chi connectivity index (χ0n) is 18.6. The Bertz CT molecular complexity index is 1320. The van der Waals surface area contributed by atoms with Gasteiger partial charge < -0.3 is 4.74 Å². The molecule has 164 valence electrons. The lowest BCUT2D eigenvalue weighted by atomic mass is 10.0. The minimum Gasteiger partial charge on any atom is -0.469 e.